The van der Waals surface area contributed by atoms with E-state index in [-0.39, 0.29) is 5.91 Å². The van der Waals surface area contributed by atoms with Gasteiger partial charge in [0.25, 0.3) is 5.91 Å². The van der Waals surface area contributed by atoms with E-state index in [2.05, 4.69) is 33.1 Å². The van der Waals surface area contributed by atoms with Gasteiger partial charge in [-0.15, -0.1) is 0 Å². The molecule has 21 heavy (non-hydrogen) atoms. The van der Waals surface area contributed by atoms with Crippen LogP contribution < -0.4 is 11.1 Å². The molecule has 116 valence electrons. The summed E-state index contributed by atoms with van der Waals surface area (Å²) in [7, 11) is 0. The number of carbonyl (C=O) groups is 1. The summed E-state index contributed by atoms with van der Waals surface area (Å²) in [4.78, 5) is 14.6. The summed E-state index contributed by atoms with van der Waals surface area (Å²) in [5.74, 6) is -0.0395. The van der Waals surface area contributed by atoms with Crippen LogP contribution in [0.1, 0.15) is 43.0 Å². The first-order valence-corrected chi connectivity index (χ1v) is 8.44. The van der Waals surface area contributed by atoms with Crippen molar-refractivity contribution in [1.82, 2.24) is 10.2 Å². The number of nitrogens with one attached hydrogen (secondary N) is 1. The Kier molecular flexibility index (Phi) is 6.06. The molecule has 0 spiro atoms. The molecule has 0 radical (unpaired) electrons. The van der Waals surface area contributed by atoms with Gasteiger partial charge >= 0.3 is 0 Å². The molecule has 4 nitrogen and oxygen atoms in total. The number of anilines is 1. The van der Waals surface area contributed by atoms with Gasteiger partial charge < -0.3 is 16.0 Å². The van der Waals surface area contributed by atoms with Crippen LogP contribution in [0.15, 0.2) is 22.7 Å². The molecule has 0 aromatic heterocycles. The molecule has 1 amide bonds. The second kappa shape index (κ2) is 7.80. The van der Waals surface area contributed by atoms with Crippen molar-refractivity contribution in [3.05, 3.63) is 28.2 Å². The number of nitrogens with two attached hydrogens (primary N) is 1. The first-order chi connectivity index (χ1) is 10.1. The molecule has 1 aromatic rings. The van der Waals surface area contributed by atoms with Crippen molar-refractivity contribution in [2.24, 2.45) is 0 Å². The summed E-state index contributed by atoms with van der Waals surface area (Å²) < 4.78 is 0.761. The number of hydrogen-bond donors (Lipinski definition) is 2. The Balaban J connectivity index is 1.72. The first kappa shape index (κ1) is 16.3. The SMILES string of the molecule is CC1CCCCN1CCCNC(=O)c1ccc(N)c(Br)c1. The van der Waals surface area contributed by atoms with Crippen molar-refractivity contribution in [2.45, 2.75) is 38.6 Å². The molecule has 5 heteroatoms. The van der Waals surface area contributed by atoms with E-state index in [9.17, 15) is 4.79 Å². The molecule has 1 unspecified atom stereocenters. The molecule has 1 heterocycles. The van der Waals surface area contributed by atoms with Crippen LogP contribution in [-0.4, -0.2) is 36.5 Å². The number of halogens is 1. The normalized spacial score (nSPS) is 19.4. The van der Waals surface area contributed by atoms with E-state index in [1.54, 1.807) is 18.2 Å². The Morgan fingerprint density at radius 3 is 3.00 bits per heavy atom. The largest absolute Gasteiger partial charge is 0.398 e. The highest BCUT2D eigenvalue weighted by Gasteiger charge is 2.17. The molecule has 1 atom stereocenters. The van der Waals surface area contributed by atoms with Gasteiger partial charge in [0.15, 0.2) is 0 Å². The maximum absolute atomic E-state index is 12.0. The van der Waals surface area contributed by atoms with Crippen molar-refractivity contribution in [3.8, 4) is 0 Å². The minimum Gasteiger partial charge on any atom is -0.398 e. The van der Waals surface area contributed by atoms with Crippen LogP contribution in [0.4, 0.5) is 5.69 Å². The summed E-state index contributed by atoms with van der Waals surface area (Å²) in [5, 5.41) is 2.97. The standard InChI is InChI=1S/C16H24BrN3O/c1-12-5-2-3-9-20(12)10-4-8-19-16(21)13-6-7-15(18)14(17)11-13/h6-7,11-12H,2-5,8-10,18H2,1H3,(H,19,21). The molecular formula is C16H24BrN3O. The van der Waals surface area contributed by atoms with Crippen molar-refractivity contribution in [3.63, 3.8) is 0 Å². The molecule has 1 fully saturated rings. The minimum absolute atomic E-state index is 0.0395. The van der Waals surface area contributed by atoms with Crippen LogP contribution in [0.5, 0.6) is 0 Å². The fourth-order valence-corrected chi connectivity index (χ4v) is 3.12. The third-order valence-corrected chi connectivity index (χ3v) is 4.80. The number of amides is 1. The summed E-state index contributed by atoms with van der Waals surface area (Å²) in [6.45, 7) is 5.26. The lowest BCUT2D eigenvalue weighted by Crippen LogP contribution is -2.39. The van der Waals surface area contributed by atoms with E-state index < -0.39 is 0 Å². The molecule has 3 N–H and O–H groups in total. The van der Waals surface area contributed by atoms with Crippen molar-refractivity contribution < 1.29 is 4.79 Å². The number of hydrogen-bond acceptors (Lipinski definition) is 3. The molecule has 1 aromatic carbocycles. The van der Waals surface area contributed by atoms with E-state index in [1.165, 1.54) is 25.8 Å². The van der Waals surface area contributed by atoms with Gasteiger partial charge in [-0.05, 0) is 66.9 Å². The third-order valence-electron chi connectivity index (χ3n) is 4.11. The predicted molar refractivity (Wildman–Crippen MR) is 90.4 cm³/mol. The summed E-state index contributed by atoms with van der Waals surface area (Å²) >= 11 is 3.34. The zero-order valence-electron chi connectivity index (χ0n) is 12.6. The highest BCUT2D eigenvalue weighted by atomic mass is 79.9. The Morgan fingerprint density at radius 2 is 2.29 bits per heavy atom. The van der Waals surface area contributed by atoms with Gasteiger partial charge in [-0.2, -0.15) is 0 Å². The summed E-state index contributed by atoms with van der Waals surface area (Å²) in [6.07, 6.45) is 4.94. The van der Waals surface area contributed by atoms with Crippen molar-refractivity contribution >= 4 is 27.5 Å². The Bertz CT molecular complexity index is 492. The van der Waals surface area contributed by atoms with Crippen LogP contribution in [0.2, 0.25) is 0 Å². The molecule has 0 aliphatic carbocycles. The average Bonchev–Trinajstić information content (AvgIpc) is 2.48. The lowest BCUT2D eigenvalue weighted by atomic mass is 10.0. The lowest BCUT2D eigenvalue weighted by Gasteiger charge is -2.33. The number of benzene rings is 1. The number of piperidine rings is 1. The second-order valence-electron chi connectivity index (χ2n) is 5.73. The predicted octanol–water partition coefficient (Wildman–Crippen LogP) is 3.03. The van der Waals surface area contributed by atoms with Gasteiger partial charge in [0.05, 0.1) is 0 Å². The van der Waals surface area contributed by atoms with Crippen LogP contribution in [-0.2, 0) is 0 Å². The molecule has 0 saturated carbocycles. The number of nitrogen functional groups attached to an aromatic ring is 1. The highest BCUT2D eigenvalue weighted by Crippen LogP contribution is 2.20. The molecule has 0 bridgehead atoms. The van der Waals surface area contributed by atoms with Gasteiger partial charge in [0.2, 0.25) is 0 Å². The van der Waals surface area contributed by atoms with Crippen LogP contribution in [0.25, 0.3) is 0 Å². The number of nitrogens with zero attached hydrogens (tertiary/aromatic N) is 1. The quantitative estimate of drug-likeness (QED) is 0.631. The third kappa shape index (κ3) is 4.71. The van der Waals surface area contributed by atoms with Crippen molar-refractivity contribution in [1.29, 1.82) is 0 Å². The van der Waals surface area contributed by atoms with E-state index >= 15 is 0 Å². The van der Waals surface area contributed by atoms with Gasteiger partial charge in [0.1, 0.15) is 0 Å². The number of rotatable bonds is 5. The fourth-order valence-electron chi connectivity index (χ4n) is 2.74. The number of carbonyl (C=O) groups excluding carboxylic acids is 1. The first-order valence-electron chi connectivity index (χ1n) is 7.65. The minimum atomic E-state index is -0.0395. The molecule has 1 saturated heterocycles. The second-order valence-corrected chi connectivity index (χ2v) is 6.58. The number of likely N-dealkylation sites (tertiary alicyclic amines) is 1. The Hall–Kier alpha value is -1.07. The molecule has 1 aliphatic heterocycles. The molecule has 1 aliphatic rings. The average molecular weight is 354 g/mol. The van der Waals surface area contributed by atoms with E-state index in [0.29, 0.717) is 23.8 Å². The van der Waals surface area contributed by atoms with E-state index in [0.717, 1.165) is 17.4 Å². The van der Waals surface area contributed by atoms with Crippen LogP contribution in [0.3, 0.4) is 0 Å². The molecule has 2 rings (SSSR count). The zero-order chi connectivity index (χ0) is 15.2. The smallest absolute Gasteiger partial charge is 0.251 e. The lowest BCUT2D eigenvalue weighted by molar-refractivity contribution is 0.0949. The van der Waals surface area contributed by atoms with Crippen molar-refractivity contribution in [2.75, 3.05) is 25.4 Å². The monoisotopic (exact) mass is 353 g/mol. The van der Waals surface area contributed by atoms with Gasteiger partial charge in [-0.3, -0.25) is 4.79 Å². The van der Waals surface area contributed by atoms with Gasteiger partial charge in [-0.1, -0.05) is 6.42 Å². The van der Waals surface area contributed by atoms with Gasteiger partial charge in [-0.25, -0.2) is 0 Å². The zero-order valence-corrected chi connectivity index (χ0v) is 14.2. The highest BCUT2D eigenvalue weighted by molar-refractivity contribution is 9.10. The Labute approximate surface area is 135 Å². The van der Waals surface area contributed by atoms with Crippen LogP contribution >= 0.6 is 15.9 Å². The maximum Gasteiger partial charge on any atom is 0.251 e. The summed E-state index contributed by atoms with van der Waals surface area (Å²) in [5.41, 5.74) is 7.01. The fraction of sp³-hybridized carbons (Fsp3) is 0.562. The maximum atomic E-state index is 12.0. The topological polar surface area (TPSA) is 58.4 Å². The molecular weight excluding hydrogens is 330 g/mol. The van der Waals surface area contributed by atoms with Crippen LogP contribution in [0, 0.1) is 0 Å². The van der Waals surface area contributed by atoms with E-state index in [1.807, 2.05) is 0 Å². The van der Waals surface area contributed by atoms with Gasteiger partial charge in [0, 0.05) is 34.9 Å². The Morgan fingerprint density at radius 1 is 1.48 bits per heavy atom. The van der Waals surface area contributed by atoms with E-state index in [4.69, 9.17) is 5.73 Å². The summed E-state index contributed by atoms with van der Waals surface area (Å²) in [6, 6.07) is 5.94.